The summed E-state index contributed by atoms with van der Waals surface area (Å²) >= 11 is 6.97. The first-order valence-electron chi connectivity index (χ1n) is 5.14. The summed E-state index contributed by atoms with van der Waals surface area (Å²) < 4.78 is 0. The van der Waals surface area contributed by atoms with Crippen LogP contribution in [-0.4, -0.2) is 31.5 Å². The van der Waals surface area contributed by atoms with Crippen LogP contribution < -0.4 is 0 Å². The molecule has 0 aliphatic carbocycles. The lowest BCUT2D eigenvalue weighted by Crippen LogP contribution is -2.11. The Morgan fingerprint density at radius 3 is 3.00 bits per heavy atom. The van der Waals surface area contributed by atoms with Gasteiger partial charge in [-0.15, -0.1) is 5.10 Å². The number of H-pyrrole nitrogens is 1. The van der Waals surface area contributed by atoms with E-state index in [9.17, 15) is 4.79 Å². The number of hydrogen-bond donors (Lipinski definition) is 2. The van der Waals surface area contributed by atoms with Crippen LogP contribution in [-0.2, 0) is 4.79 Å². The van der Waals surface area contributed by atoms with Gasteiger partial charge in [0.2, 0.25) is 5.16 Å². The Bertz CT molecular complexity index is 573. The maximum atomic E-state index is 10.7. The number of carboxylic acid groups (broad SMARTS) is 1. The summed E-state index contributed by atoms with van der Waals surface area (Å²) in [5, 5.41) is 15.9. The molecule has 1 aromatic carbocycles. The van der Waals surface area contributed by atoms with E-state index in [-0.39, 0.29) is 0 Å². The van der Waals surface area contributed by atoms with Crippen molar-refractivity contribution in [2.45, 2.75) is 17.3 Å². The van der Waals surface area contributed by atoms with Crippen LogP contribution in [0.25, 0.3) is 11.4 Å². The molecule has 1 heterocycles. The second-order valence-electron chi connectivity index (χ2n) is 3.58. The van der Waals surface area contributed by atoms with Gasteiger partial charge in [-0.25, -0.2) is 4.98 Å². The standard InChI is InChI=1S/C11H10ClN3O2S/c1-6(10(16)17)18-11-13-9(14-15-11)7-3-2-4-8(12)5-7/h2-6H,1H3,(H,16,17)(H,13,14,15)/t6-/m1/s1. The Labute approximate surface area is 113 Å². The number of nitrogens with zero attached hydrogens (tertiary/aromatic N) is 2. The molecule has 0 bridgehead atoms. The number of halogens is 1. The van der Waals surface area contributed by atoms with E-state index in [0.29, 0.717) is 16.0 Å². The monoisotopic (exact) mass is 283 g/mol. The van der Waals surface area contributed by atoms with Gasteiger partial charge in [0.05, 0.1) is 0 Å². The predicted molar refractivity (Wildman–Crippen MR) is 69.8 cm³/mol. The van der Waals surface area contributed by atoms with Crippen LogP contribution in [0, 0.1) is 0 Å². The summed E-state index contributed by atoms with van der Waals surface area (Å²) in [7, 11) is 0. The molecule has 1 atom stereocenters. The number of benzene rings is 1. The molecule has 0 aliphatic heterocycles. The van der Waals surface area contributed by atoms with Crippen LogP contribution in [0.4, 0.5) is 0 Å². The molecule has 5 nitrogen and oxygen atoms in total. The van der Waals surface area contributed by atoms with Crippen molar-refractivity contribution in [3.63, 3.8) is 0 Å². The second-order valence-corrected chi connectivity index (χ2v) is 5.32. The van der Waals surface area contributed by atoms with Crippen LogP contribution >= 0.6 is 23.4 Å². The fourth-order valence-corrected chi connectivity index (χ4v) is 2.12. The molecule has 2 rings (SSSR count). The number of hydrogen-bond acceptors (Lipinski definition) is 4. The zero-order valence-electron chi connectivity index (χ0n) is 9.42. The lowest BCUT2D eigenvalue weighted by molar-refractivity contribution is -0.136. The van der Waals surface area contributed by atoms with Gasteiger partial charge >= 0.3 is 5.97 Å². The molecule has 0 fully saturated rings. The molecular weight excluding hydrogens is 274 g/mol. The molecule has 1 aromatic heterocycles. The molecule has 0 amide bonds. The van der Waals surface area contributed by atoms with Crippen molar-refractivity contribution in [3.05, 3.63) is 29.3 Å². The highest BCUT2D eigenvalue weighted by atomic mass is 35.5. The van der Waals surface area contributed by atoms with Crippen LogP contribution in [0.3, 0.4) is 0 Å². The Hall–Kier alpha value is -1.53. The van der Waals surface area contributed by atoms with E-state index in [2.05, 4.69) is 15.2 Å². The molecule has 0 aliphatic rings. The minimum Gasteiger partial charge on any atom is -0.480 e. The van der Waals surface area contributed by atoms with Crippen molar-refractivity contribution >= 4 is 29.3 Å². The number of carbonyl (C=O) groups is 1. The lowest BCUT2D eigenvalue weighted by Gasteiger charge is -2.00. The first-order chi connectivity index (χ1) is 8.56. The van der Waals surface area contributed by atoms with Crippen molar-refractivity contribution in [1.29, 1.82) is 0 Å². The molecule has 0 saturated heterocycles. The fourth-order valence-electron chi connectivity index (χ4n) is 1.27. The molecule has 0 radical (unpaired) electrons. The van der Waals surface area contributed by atoms with Crippen LogP contribution in [0.15, 0.2) is 29.4 Å². The zero-order valence-corrected chi connectivity index (χ0v) is 11.0. The highest BCUT2D eigenvalue weighted by molar-refractivity contribution is 8.00. The Kier molecular flexibility index (Phi) is 3.88. The van der Waals surface area contributed by atoms with Crippen molar-refractivity contribution in [2.75, 3.05) is 0 Å². The number of rotatable bonds is 4. The minimum atomic E-state index is -0.894. The van der Waals surface area contributed by atoms with Crippen LogP contribution in [0.5, 0.6) is 0 Å². The second kappa shape index (κ2) is 5.41. The number of aromatic amines is 1. The number of thioether (sulfide) groups is 1. The SMILES string of the molecule is C[C@@H](Sc1n[nH]c(-c2cccc(Cl)c2)n1)C(=O)O. The van der Waals surface area contributed by atoms with Gasteiger partial charge in [0.1, 0.15) is 5.25 Å². The summed E-state index contributed by atoms with van der Waals surface area (Å²) in [6.45, 7) is 1.59. The van der Waals surface area contributed by atoms with E-state index < -0.39 is 11.2 Å². The highest BCUT2D eigenvalue weighted by Crippen LogP contribution is 2.24. The number of nitrogens with one attached hydrogen (secondary N) is 1. The molecule has 18 heavy (non-hydrogen) atoms. The van der Waals surface area contributed by atoms with E-state index in [0.717, 1.165) is 17.3 Å². The fraction of sp³-hybridized carbons (Fsp3) is 0.182. The summed E-state index contributed by atoms with van der Waals surface area (Å²) in [6.07, 6.45) is 0. The van der Waals surface area contributed by atoms with Crippen LogP contribution in [0.1, 0.15) is 6.92 Å². The maximum Gasteiger partial charge on any atom is 0.316 e. The van der Waals surface area contributed by atoms with Gasteiger partial charge in [0.15, 0.2) is 5.82 Å². The summed E-state index contributed by atoms with van der Waals surface area (Å²) in [5.74, 6) is -0.327. The Balaban J connectivity index is 2.18. The predicted octanol–water partition coefficient (Wildman–Crippen LogP) is 2.69. The Morgan fingerprint density at radius 1 is 1.56 bits per heavy atom. The van der Waals surface area contributed by atoms with E-state index >= 15 is 0 Å². The van der Waals surface area contributed by atoms with Crippen molar-refractivity contribution < 1.29 is 9.90 Å². The van der Waals surface area contributed by atoms with Gasteiger partial charge in [-0.2, -0.15) is 0 Å². The molecule has 2 N–H and O–H groups in total. The van der Waals surface area contributed by atoms with E-state index in [1.54, 1.807) is 19.1 Å². The highest BCUT2D eigenvalue weighted by Gasteiger charge is 2.16. The normalized spacial score (nSPS) is 12.3. The van der Waals surface area contributed by atoms with E-state index in [1.807, 2.05) is 12.1 Å². The van der Waals surface area contributed by atoms with Gasteiger partial charge in [-0.05, 0) is 19.1 Å². The summed E-state index contributed by atoms with van der Waals surface area (Å²) in [6, 6.07) is 7.19. The topological polar surface area (TPSA) is 78.9 Å². The van der Waals surface area contributed by atoms with Crippen molar-refractivity contribution in [2.24, 2.45) is 0 Å². The molecule has 0 spiro atoms. The largest absolute Gasteiger partial charge is 0.480 e. The zero-order chi connectivity index (χ0) is 13.1. The Morgan fingerprint density at radius 2 is 2.33 bits per heavy atom. The third-order valence-corrected chi connectivity index (χ3v) is 3.38. The average Bonchev–Trinajstić information content (AvgIpc) is 2.77. The molecule has 2 aromatic rings. The quantitative estimate of drug-likeness (QED) is 0.844. The third kappa shape index (κ3) is 3.02. The molecule has 0 saturated carbocycles. The number of carboxylic acids is 1. The van der Waals surface area contributed by atoms with Crippen molar-refractivity contribution in [3.8, 4) is 11.4 Å². The van der Waals surface area contributed by atoms with Gasteiger partial charge < -0.3 is 5.11 Å². The van der Waals surface area contributed by atoms with E-state index in [4.69, 9.17) is 16.7 Å². The average molecular weight is 284 g/mol. The molecular formula is C11H10ClN3O2S. The minimum absolute atomic E-state index is 0.403. The molecule has 94 valence electrons. The number of aromatic nitrogens is 3. The third-order valence-electron chi connectivity index (χ3n) is 2.19. The van der Waals surface area contributed by atoms with Gasteiger partial charge in [0, 0.05) is 10.6 Å². The van der Waals surface area contributed by atoms with Gasteiger partial charge in [-0.3, -0.25) is 9.89 Å². The van der Waals surface area contributed by atoms with Crippen LogP contribution in [0.2, 0.25) is 5.02 Å². The maximum absolute atomic E-state index is 10.7. The lowest BCUT2D eigenvalue weighted by atomic mass is 10.2. The first-order valence-corrected chi connectivity index (χ1v) is 6.40. The number of aliphatic carboxylic acids is 1. The van der Waals surface area contributed by atoms with E-state index in [1.165, 1.54) is 0 Å². The van der Waals surface area contributed by atoms with Crippen molar-refractivity contribution in [1.82, 2.24) is 15.2 Å². The molecule has 7 heteroatoms. The summed E-state index contributed by atoms with van der Waals surface area (Å²) in [4.78, 5) is 14.9. The summed E-state index contributed by atoms with van der Waals surface area (Å²) in [5.41, 5.74) is 0.810. The first kappa shape index (κ1) is 12.9. The smallest absolute Gasteiger partial charge is 0.316 e. The molecule has 0 unspecified atom stereocenters. The van der Waals surface area contributed by atoms with Gasteiger partial charge in [-0.1, -0.05) is 35.5 Å². The van der Waals surface area contributed by atoms with Gasteiger partial charge in [0.25, 0.3) is 0 Å².